The second-order valence-electron chi connectivity index (χ2n) is 7.06. The Kier molecular flexibility index (Phi) is 12.2. The first-order chi connectivity index (χ1) is 13.1. The molecule has 4 heteroatoms. The Morgan fingerprint density at radius 2 is 1.30 bits per heavy atom. The van der Waals surface area contributed by atoms with Crippen LogP contribution in [0.1, 0.15) is 97.0 Å². The minimum Gasteiger partial charge on any atom is -0.423 e. The molecule has 0 aliphatic rings. The Balaban J connectivity index is 2.87. The number of carbonyl (C=O) groups excluding carboxylic acids is 2. The monoisotopic (exact) mass is 376 g/mol. The molecule has 0 fully saturated rings. The van der Waals surface area contributed by atoms with Gasteiger partial charge >= 0.3 is 11.9 Å². The predicted octanol–water partition coefficient (Wildman–Crippen LogP) is 6.39. The van der Waals surface area contributed by atoms with Crippen molar-refractivity contribution in [3.05, 3.63) is 23.8 Å². The number of hydrogen-bond acceptors (Lipinski definition) is 4. The van der Waals surface area contributed by atoms with Crippen LogP contribution in [0.2, 0.25) is 0 Å². The molecule has 1 aromatic rings. The highest BCUT2D eigenvalue weighted by Gasteiger charge is 2.17. The van der Waals surface area contributed by atoms with Crippen molar-refractivity contribution in [3.63, 3.8) is 0 Å². The Bertz CT molecular complexity index is 565. The molecule has 27 heavy (non-hydrogen) atoms. The van der Waals surface area contributed by atoms with Gasteiger partial charge in [0.05, 0.1) is 0 Å². The molecule has 0 spiro atoms. The number of unbranched alkanes of at least 4 members (excludes halogenated alkanes) is 6. The molecule has 0 unspecified atom stereocenters. The Morgan fingerprint density at radius 1 is 0.741 bits per heavy atom. The van der Waals surface area contributed by atoms with E-state index in [1.807, 2.05) is 12.1 Å². The van der Waals surface area contributed by atoms with Gasteiger partial charge in [-0.2, -0.15) is 0 Å². The van der Waals surface area contributed by atoms with Gasteiger partial charge in [0.15, 0.2) is 11.5 Å². The highest BCUT2D eigenvalue weighted by molar-refractivity contribution is 5.76. The average Bonchev–Trinajstić information content (AvgIpc) is 2.64. The summed E-state index contributed by atoms with van der Waals surface area (Å²) in [6, 6.07) is 5.54. The third-order valence-corrected chi connectivity index (χ3v) is 4.52. The number of para-hydroxylation sites is 1. The molecule has 0 aliphatic carbocycles. The second-order valence-corrected chi connectivity index (χ2v) is 7.06. The molecular formula is C23H36O4. The average molecular weight is 377 g/mol. The van der Waals surface area contributed by atoms with E-state index in [0.29, 0.717) is 24.3 Å². The summed E-state index contributed by atoms with van der Waals surface area (Å²) in [5.74, 6) is 0.278. The van der Waals surface area contributed by atoms with Gasteiger partial charge < -0.3 is 9.47 Å². The summed E-state index contributed by atoms with van der Waals surface area (Å²) in [4.78, 5) is 24.4. The SMILES string of the molecule is CCCCCC(=O)Oc1cccc(CCCCC)c1OC(=O)CCCCC. The summed E-state index contributed by atoms with van der Waals surface area (Å²) >= 11 is 0. The van der Waals surface area contributed by atoms with Crippen LogP contribution in [0, 0.1) is 0 Å². The number of aryl methyl sites for hydroxylation is 1. The molecule has 0 N–H and O–H groups in total. The Hall–Kier alpha value is -1.84. The zero-order valence-corrected chi connectivity index (χ0v) is 17.4. The van der Waals surface area contributed by atoms with E-state index < -0.39 is 0 Å². The lowest BCUT2D eigenvalue weighted by Crippen LogP contribution is -2.13. The number of ether oxygens (including phenoxy) is 2. The first-order valence-corrected chi connectivity index (χ1v) is 10.7. The van der Waals surface area contributed by atoms with Crippen molar-refractivity contribution < 1.29 is 19.1 Å². The molecule has 0 aromatic heterocycles. The molecule has 0 radical (unpaired) electrons. The molecule has 1 aromatic carbocycles. The Morgan fingerprint density at radius 3 is 1.89 bits per heavy atom. The minimum atomic E-state index is -0.266. The van der Waals surface area contributed by atoms with Crippen molar-refractivity contribution in [1.82, 2.24) is 0 Å². The van der Waals surface area contributed by atoms with E-state index in [2.05, 4.69) is 20.8 Å². The van der Waals surface area contributed by atoms with Gasteiger partial charge in [0.25, 0.3) is 0 Å². The van der Waals surface area contributed by atoms with E-state index in [4.69, 9.17) is 9.47 Å². The number of rotatable bonds is 14. The molecule has 1 rings (SSSR count). The van der Waals surface area contributed by atoms with Crippen LogP contribution >= 0.6 is 0 Å². The summed E-state index contributed by atoms with van der Waals surface area (Å²) in [6.45, 7) is 6.36. The third-order valence-electron chi connectivity index (χ3n) is 4.52. The summed E-state index contributed by atoms with van der Waals surface area (Å²) in [7, 11) is 0. The number of benzene rings is 1. The summed E-state index contributed by atoms with van der Waals surface area (Å²) in [5, 5.41) is 0. The van der Waals surface area contributed by atoms with Crippen LogP contribution in [-0.4, -0.2) is 11.9 Å². The van der Waals surface area contributed by atoms with Gasteiger partial charge in [-0.25, -0.2) is 0 Å². The van der Waals surface area contributed by atoms with Crippen LogP contribution < -0.4 is 9.47 Å². The minimum absolute atomic E-state index is 0.255. The fourth-order valence-corrected chi connectivity index (χ4v) is 2.90. The highest BCUT2D eigenvalue weighted by Crippen LogP contribution is 2.33. The lowest BCUT2D eigenvalue weighted by molar-refractivity contribution is -0.137. The van der Waals surface area contributed by atoms with E-state index in [1.165, 1.54) is 0 Å². The van der Waals surface area contributed by atoms with E-state index in [0.717, 1.165) is 69.8 Å². The van der Waals surface area contributed by atoms with Gasteiger partial charge in [0.1, 0.15) is 0 Å². The van der Waals surface area contributed by atoms with Crippen LogP contribution in [0.25, 0.3) is 0 Å². The van der Waals surface area contributed by atoms with Crippen molar-refractivity contribution >= 4 is 11.9 Å². The van der Waals surface area contributed by atoms with Crippen molar-refractivity contribution in [2.45, 2.75) is 97.8 Å². The van der Waals surface area contributed by atoms with Crippen LogP contribution in [0.5, 0.6) is 11.5 Å². The number of carbonyl (C=O) groups is 2. The fourth-order valence-electron chi connectivity index (χ4n) is 2.90. The normalized spacial score (nSPS) is 10.6. The van der Waals surface area contributed by atoms with Gasteiger partial charge in [-0.1, -0.05) is 71.4 Å². The van der Waals surface area contributed by atoms with Crippen molar-refractivity contribution in [2.75, 3.05) is 0 Å². The van der Waals surface area contributed by atoms with Crippen LogP contribution in [0.15, 0.2) is 18.2 Å². The van der Waals surface area contributed by atoms with Crippen molar-refractivity contribution in [3.8, 4) is 11.5 Å². The number of esters is 2. The zero-order valence-electron chi connectivity index (χ0n) is 17.4. The van der Waals surface area contributed by atoms with Gasteiger partial charge in [-0.3, -0.25) is 9.59 Å². The lowest BCUT2D eigenvalue weighted by atomic mass is 10.1. The first-order valence-electron chi connectivity index (χ1n) is 10.7. The fraction of sp³-hybridized carbons (Fsp3) is 0.652. The molecule has 152 valence electrons. The maximum Gasteiger partial charge on any atom is 0.311 e. The molecule has 0 amide bonds. The van der Waals surface area contributed by atoms with Crippen LogP contribution in [0.4, 0.5) is 0 Å². The van der Waals surface area contributed by atoms with Crippen LogP contribution in [0.3, 0.4) is 0 Å². The number of hydrogen-bond donors (Lipinski definition) is 0. The van der Waals surface area contributed by atoms with E-state index >= 15 is 0 Å². The van der Waals surface area contributed by atoms with Gasteiger partial charge in [-0.05, 0) is 37.3 Å². The van der Waals surface area contributed by atoms with E-state index in [9.17, 15) is 9.59 Å². The van der Waals surface area contributed by atoms with E-state index in [1.54, 1.807) is 6.07 Å². The van der Waals surface area contributed by atoms with Gasteiger partial charge in [-0.15, -0.1) is 0 Å². The zero-order chi connectivity index (χ0) is 19.9. The molecule has 0 bridgehead atoms. The Labute approximate surface area is 164 Å². The molecule has 4 nitrogen and oxygen atoms in total. The second kappa shape index (κ2) is 14.2. The smallest absolute Gasteiger partial charge is 0.311 e. The third kappa shape index (κ3) is 9.60. The topological polar surface area (TPSA) is 52.6 Å². The van der Waals surface area contributed by atoms with Crippen LogP contribution in [-0.2, 0) is 16.0 Å². The maximum absolute atomic E-state index is 12.3. The van der Waals surface area contributed by atoms with Gasteiger partial charge in [0.2, 0.25) is 0 Å². The van der Waals surface area contributed by atoms with Crippen molar-refractivity contribution in [2.24, 2.45) is 0 Å². The van der Waals surface area contributed by atoms with Gasteiger partial charge in [0, 0.05) is 12.8 Å². The first kappa shape index (κ1) is 23.2. The standard InChI is InChI=1S/C23H36O4/c1-4-7-10-14-19-15-13-16-20(26-21(24)17-11-8-5-2)23(19)27-22(25)18-12-9-6-3/h13,15-16H,4-12,14,17-18H2,1-3H3. The summed E-state index contributed by atoms with van der Waals surface area (Å²) < 4.78 is 11.2. The predicted molar refractivity (Wildman–Crippen MR) is 109 cm³/mol. The molecule has 0 aliphatic heterocycles. The quantitative estimate of drug-likeness (QED) is 0.214. The molecule has 0 saturated carbocycles. The highest BCUT2D eigenvalue weighted by atomic mass is 16.6. The molecule has 0 heterocycles. The maximum atomic E-state index is 12.3. The molecular weight excluding hydrogens is 340 g/mol. The van der Waals surface area contributed by atoms with E-state index in [-0.39, 0.29) is 11.9 Å². The lowest BCUT2D eigenvalue weighted by Gasteiger charge is -2.15. The molecule has 0 atom stereocenters. The summed E-state index contributed by atoms with van der Waals surface area (Å²) in [5.41, 5.74) is 0.936. The van der Waals surface area contributed by atoms with Crippen molar-refractivity contribution in [1.29, 1.82) is 0 Å². The largest absolute Gasteiger partial charge is 0.423 e. The summed E-state index contributed by atoms with van der Waals surface area (Å²) in [6.07, 6.45) is 10.6. The molecule has 0 saturated heterocycles.